The first-order chi connectivity index (χ1) is 10.5. The third kappa shape index (κ3) is 9.18. The minimum absolute atomic E-state index is 0.00750. The first kappa shape index (κ1) is 20.5. The van der Waals surface area contributed by atoms with E-state index in [4.69, 9.17) is 5.11 Å². The van der Waals surface area contributed by atoms with Crippen molar-refractivity contribution in [2.75, 3.05) is 6.54 Å². The van der Waals surface area contributed by atoms with Gasteiger partial charge in [0.05, 0.1) is 12.6 Å². The molecule has 0 aromatic heterocycles. The van der Waals surface area contributed by atoms with Gasteiger partial charge in [-0.15, -0.1) is 0 Å². The van der Waals surface area contributed by atoms with Crippen molar-refractivity contribution in [3.05, 3.63) is 0 Å². The van der Waals surface area contributed by atoms with Crippen molar-refractivity contribution in [1.82, 2.24) is 5.32 Å². The molecule has 1 aliphatic carbocycles. The highest BCUT2D eigenvalue weighted by molar-refractivity contribution is 5.88. The first-order valence-electron chi connectivity index (χ1n) is 6.93. The monoisotopic (exact) mass is 326 g/mol. The Morgan fingerprint density at radius 2 is 1.87 bits per heavy atom. The quantitative estimate of drug-likeness (QED) is 0.531. The van der Waals surface area contributed by atoms with Crippen LogP contribution in [0.5, 0.6) is 0 Å². The Labute approximate surface area is 134 Å². The summed E-state index contributed by atoms with van der Waals surface area (Å²) in [6.07, 6.45) is 4.44. The number of isocyanates is 2. The van der Waals surface area contributed by atoms with E-state index in [0.29, 0.717) is 6.54 Å². The third-order valence-electron chi connectivity index (χ3n) is 3.41. The number of carbonyl (C=O) groups excluding carboxylic acids is 3. The van der Waals surface area contributed by atoms with E-state index < -0.39 is 12.1 Å². The van der Waals surface area contributed by atoms with Crippen LogP contribution in [0.15, 0.2) is 9.98 Å². The molecule has 2 atom stereocenters. The highest BCUT2D eigenvalue weighted by atomic mass is 16.4. The summed E-state index contributed by atoms with van der Waals surface area (Å²) in [5.74, 6) is 0. The molecule has 0 heterocycles. The molecule has 4 N–H and O–H groups in total. The van der Waals surface area contributed by atoms with Gasteiger partial charge in [0.25, 0.3) is 0 Å². The summed E-state index contributed by atoms with van der Waals surface area (Å²) in [7, 11) is 0. The summed E-state index contributed by atoms with van der Waals surface area (Å²) in [4.78, 5) is 47.0. The molecule has 9 heteroatoms. The van der Waals surface area contributed by atoms with Crippen LogP contribution in [-0.2, 0) is 9.59 Å². The van der Waals surface area contributed by atoms with E-state index in [2.05, 4.69) is 36.5 Å². The Morgan fingerprint density at radius 1 is 1.26 bits per heavy atom. The second kappa shape index (κ2) is 8.82. The number of carboxylic acid groups (broad SMARTS) is 1. The van der Waals surface area contributed by atoms with Gasteiger partial charge < -0.3 is 10.8 Å². The second-order valence-corrected chi connectivity index (χ2v) is 6.64. The molecule has 2 unspecified atom stereocenters. The lowest BCUT2D eigenvalue weighted by molar-refractivity contribution is 0.0915. The molecule has 128 valence electrons. The molecule has 0 radical (unpaired) electrons. The van der Waals surface area contributed by atoms with Gasteiger partial charge in [0, 0.05) is 0 Å². The number of imide groups is 1. The molecule has 1 rings (SSSR count). The Balaban J connectivity index is 0.000000585. The van der Waals surface area contributed by atoms with Gasteiger partial charge in [-0.05, 0) is 30.1 Å². The van der Waals surface area contributed by atoms with Crippen molar-refractivity contribution in [1.29, 1.82) is 0 Å². The van der Waals surface area contributed by atoms with Crippen molar-refractivity contribution in [3.8, 4) is 0 Å². The van der Waals surface area contributed by atoms with Crippen LogP contribution in [0.3, 0.4) is 0 Å². The number of nitrogens with two attached hydrogens (primary N) is 1. The fourth-order valence-electron chi connectivity index (χ4n) is 3.19. The molecule has 0 spiro atoms. The number of aliphatic imine (C=N–C) groups is 2. The molecule has 0 saturated heterocycles. The van der Waals surface area contributed by atoms with Crippen LogP contribution < -0.4 is 11.1 Å². The molecule has 1 aliphatic rings. The third-order valence-corrected chi connectivity index (χ3v) is 3.41. The van der Waals surface area contributed by atoms with Crippen LogP contribution in [-0.4, -0.2) is 42.0 Å². The van der Waals surface area contributed by atoms with E-state index in [1.807, 2.05) is 0 Å². The van der Waals surface area contributed by atoms with Crippen molar-refractivity contribution in [2.45, 2.75) is 46.1 Å². The van der Waals surface area contributed by atoms with Crippen LogP contribution >= 0.6 is 0 Å². The molecule has 0 aliphatic heterocycles. The largest absolute Gasteiger partial charge is 0.465 e. The lowest BCUT2D eigenvalue weighted by atomic mass is 9.63. The zero-order chi connectivity index (χ0) is 18.1. The molecule has 0 aromatic carbocycles. The van der Waals surface area contributed by atoms with Gasteiger partial charge in [0.1, 0.15) is 0 Å². The van der Waals surface area contributed by atoms with Gasteiger partial charge in [-0.25, -0.2) is 34.5 Å². The predicted octanol–water partition coefficient (Wildman–Crippen LogP) is 1.58. The minimum Gasteiger partial charge on any atom is -0.465 e. The average molecular weight is 326 g/mol. The number of rotatable bonds is 3. The summed E-state index contributed by atoms with van der Waals surface area (Å²) < 4.78 is 0. The normalized spacial score (nSPS) is 24.7. The Hall–Kier alpha value is -2.50. The SMILES string of the molecule is CC1(C)CC(N=C=O)CC(C)(CN=C=O)C1.NC(=O)NC(=O)O. The lowest BCUT2D eigenvalue weighted by Crippen LogP contribution is -2.39. The number of hydrogen-bond donors (Lipinski definition) is 3. The van der Waals surface area contributed by atoms with E-state index >= 15 is 0 Å². The maximum Gasteiger partial charge on any atom is 0.412 e. The van der Waals surface area contributed by atoms with E-state index in [-0.39, 0.29) is 16.9 Å². The van der Waals surface area contributed by atoms with Crippen molar-refractivity contribution in [3.63, 3.8) is 0 Å². The summed E-state index contributed by atoms with van der Waals surface area (Å²) in [6, 6.07) is -1.05. The number of hydrogen-bond acceptors (Lipinski definition) is 6. The maximum absolute atomic E-state index is 10.3. The molecular weight excluding hydrogens is 304 g/mol. The zero-order valence-corrected chi connectivity index (χ0v) is 13.5. The van der Waals surface area contributed by atoms with Crippen molar-refractivity contribution >= 4 is 24.3 Å². The number of nitrogens with one attached hydrogen (secondary N) is 1. The van der Waals surface area contributed by atoms with Crippen molar-refractivity contribution in [2.24, 2.45) is 26.5 Å². The summed E-state index contributed by atoms with van der Waals surface area (Å²) in [5.41, 5.74) is 4.42. The smallest absolute Gasteiger partial charge is 0.412 e. The summed E-state index contributed by atoms with van der Waals surface area (Å²) >= 11 is 0. The molecule has 0 aromatic rings. The lowest BCUT2D eigenvalue weighted by Gasteiger charge is -2.44. The summed E-state index contributed by atoms with van der Waals surface area (Å²) in [5, 5.41) is 9.03. The average Bonchev–Trinajstić information content (AvgIpc) is 2.33. The first-order valence-corrected chi connectivity index (χ1v) is 6.93. The second-order valence-electron chi connectivity index (χ2n) is 6.64. The van der Waals surface area contributed by atoms with Gasteiger partial charge in [-0.1, -0.05) is 20.8 Å². The van der Waals surface area contributed by atoms with Crippen molar-refractivity contribution < 1.29 is 24.3 Å². The molecule has 3 amide bonds. The van der Waals surface area contributed by atoms with Crippen LogP contribution in [0.1, 0.15) is 40.0 Å². The minimum atomic E-state index is -1.44. The molecular formula is C14H22N4O5. The van der Waals surface area contributed by atoms with Gasteiger partial charge in [0.15, 0.2) is 0 Å². The highest BCUT2D eigenvalue weighted by Crippen LogP contribution is 2.47. The standard InChI is InChI=1S/C12H18N2O2.C2H4N2O3/c1-11(2)4-10(14-9-16)5-12(3,6-11)7-13-8-15;3-1(5)4-2(6)7/h10H,4-7H2,1-3H3;(H,6,7)(H3,3,4,5). The van der Waals surface area contributed by atoms with E-state index in [1.165, 1.54) is 5.32 Å². The van der Waals surface area contributed by atoms with E-state index in [1.54, 1.807) is 12.2 Å². The van der Waals surface area contributed by atoms with Crippen LogP contribution in [0, 0.1) is 10.8 Å². The van der Waals surface area contributed by atoms with Crippen LogP contribution in [0.4, 0.5) is 9.59 Å². The number of carbonyl (C=O) groups is 2. The van der Waals surface area contributed by atoms with Gasteiger partial charge >= 0.3 is 12.1 Å². The fourth-order valence-corrected chi connectivity index (χ4v) is 3.19. The predicted molar refractivity (Wildman–Crippen MR) is 81.4 cm³/mol. The highest BCUT2D eigenvalue weighted by Gasteiger charge is 2.41. The molecule has 1 fully saturated rings. The zero-order valence-electron chi connectivity index (χ0n) is 13.5. The van der Waals surface area contributed by atoms with E-state index in [0.717, 1.165) is 19.3 Å². The Kier molecular flexibility index (Phi) is 7.87. The number of amides is 3. The molecule has 9 nitrogen and oxygen atoms in total. The van der Waals surface area contributed by atoms with Gasteiger partial charge in [-0.2, -0.15) is 0 Å². The molecule has 0 bridgehead atoms. The number of primary amides is 1. The topological polar surface area (TPSA) is 151 Å². The number of nitrogens with zero attached hydrogens (tertiary/aromatic N) is 2. The fraction of sp³-hybridized carbons (Fsp3) is 0.714. The Morgan fingerprint density at radius 3 is 2.26 bits per heavy atom. The number of urea groups is 1. The van der Waals surface area contributed by atoms with E-state index in [9.17, 15) is 19.2 Å². The van der Waals surface area contributed by atoms with Crippen LogP contribution in [0.25, 0.3) is 0 Å². The van der Waals surface area contributed by atoms with Gasteiger partial charge in [0.2, 0.25) is 12.2 Å². The Bertz CT molecular complexity index is 523. The molecule has 1 saturated carbocycles. The van der Waals surface area contributed by atoms with Gasteiger partial charge in [-0.3, -0.25) is 0 Å². The van der Waals surface area contributed by atoms with Crippen LogP contribution in [0.2, 0.25) is 0 Å². The molecule has 23 heavy (non-hydrogen) atoms. The maximum atomic E-state index is 10.3. The summed E-state index contributed by atoms with van der Waals surface area (Å²) in [6.45, 7) is 6.86.